The van der Waals surface area contributed by atoms with E-state index in [1.54, 1.807) is 0 Å². The first kappa shape index (κ1) is 15.3. The lowest BCUT2D eigenvalue weighted by molar-refractivity contribution is -0.384. The fraction of sp³-hybridized carbons (Fsp3) is 0.533. The maximum absolute atomic E-state index is 11.0. The Labute approximate surface area is 123 Å². The second-order valence-electron chi connectivity index (χ2n) is 5.70. The molecule has 2 rings (SSSR count). The lowest BCUT2D eigenvalue weighted by atomic mass is 9.80. The summed E-state index contributed by atoms with van der Waals surface area (Å²) in [6, 6.07) is 3.85. The molecule has 0 heterocycles. The lowest BCUT2D eigenvalue weighted by Crippen LogP contribution is -2.24. The van der Waals surface area contributed by atoms with E-state index >= 15 is 0 Å². The number of aromatic carboxylic acids is 1. The van der Waals surface area contributed by atoms with Crippen LogP contribution in [0.3, 0.4) is 0 Å². The average Bonchev–Trinajstić information content (AvgIpc) is 2.46. The molecule has 1 fully saturated rings. The molecule has 2 N–H and O–H groups in total. The smallest absolute Gasteiger partial charge is 0.335 e. The minimum Gasteiger partial charge on any atom is -0.478 e. The molecular weight excluding hydrogens is 272 g/mol. The van der Waals surface area contributed by atoms with Crippen molar-refractivity contribution in [3.8, 4) is 0 Å². The van der Waals surface area contributed by atoms with Crippen LogP contribution in [0.15, 0.2) is 18.2 Å². The Morgan fingerprint density at radius 1 is 1.43 bits per heavy atom. The van der Waals surface area contributed by atoms with Gasteiger partial charge in [0.05, 0.1) is 10.5 Å². The number of carboxylic acids is 1. The first-order valence-electron chi connectivity index (χ1n) is 7.24. The summed E-state index contributed by atoms with van der Waals surface area (Å²) in [6.45, 7) is 2.85. The molecule has 0 spiro atoms. The molecule has 1 aromatic rings. The van der Waals surface area contributed by atoms with Crippen LogP contribution in [0.1, 0.15) is 43.0 Å². The zero-order chi connectivity index (χ0) is 15.4. The van der Waals surface area contributed by atoms with Gasteiger partial charge in [-0.25, -0.2) is 4.79 Å². The summed E-state index contributed by atoms with van der Waals surface area (Å²) in [7, 11) is 0. The van der Waals surface area contributed by atoms with Crippen LogP contribution >= 0.6 is 0 Å². The van der Waals surface area contributed by atoms with Crippen molar-refractivity contribution in [2.75, 3.05) is 11.9 Å². The van der Waals surface area contributed by atoms with E-state index < -0.39 is 10.9 Å². The molecule has 1 aliphatic rings. The van der Waals surface area contributed by atoms with Crippen molar-refractivity contribution in [2.45, 2.75) is 32.6 Å². The highest BCUT2D eigenvalue weighted by atomic mass is 16.6. The van der Waals surface area contributed by atoms with Gasteiger partial charge in [-0.2, -0.15) is 0 Å². The second kappa shape index (κ2) is 6.56. The molecule has 1 aliphatic carbocycles. The largest absolute Gasteiger partial charge is 0.478 e. The quantitative estimate of drug-likeness (QED) is 0.639. The maximum atomic E-state index is 11.0. The highest BCUT2D eigenvalue weighted by Crippen LogP contribution is 2.31. The highest BCUT2D eigenvalue weighted by molar-refractivity contribution is 5.90. The van der Waals surface area contributed by atoms with Crippen LogP contribution in [-0.4, -0.2) is 22.5 Å². The minimum absolute atomic E-state index is 0.0554. The van der Waals surface area contributed by atoms with Crippen molar-refractivity contribution in [2.24, 2.45) is 11.8 Å². The van der Waals surface area contributed by atoms with Gasteiger partial charge in [-0.05, 0) is 30.4 Å². The molecule has 0 aliphatic heterocycles. The Hall–Kier alpha value is -2.11. The standard InChI is InChI=1S/C15H20N2O4/c1-10-4-2-3-5-12(10)9-16-13-8-11(15(18)19)6-7-14(13)17(20)21/h6-8,10,12,16H,2-5,9H2,1H3,(H,18,19). The number of nitrogens with zero attached hydrogens (tertiary/aromatic N) is 1. The zero-order valence-corrected chi connectivity index (χ0v) is 12.0. The third kappa shape index (κ3) is 3.71. The van der Waals surface area contributed by atoms with Gasteiger partial charge in [-0.1, -0.05) is 26.2 Å². The van der Waals surface area contributed by atoms with Crippen LogP contribution < -0.4 is 5.32 Å². The van der Waals surface area contributed by atoms with Crippen molar-refractivity contribution in [3.63, 3.8) is 0 Å². The maximum Gasteiger partial charge on any atom is 0.335 e. The number of hydrogen-bond donors (Lipinski definition) is 2. The van der Waals surface area contributed by atoms with E-state index in [4.69, 9.17) is 5.11 Å². The molecule has 0 radical (unpaired) electrons. The Balaban J connectivity index is 2.14. The van der Waals surface area contributed by atoms with Gasteiger partial charge in [0, 0.05) is 12.6 Å². The number of nitro benzene ring substituents is 1. The SMILES string of the molecule is CC1CCCCC1CNc1cc(C(=O)O)ccc1[N+](=O)[O-]. The minimum atomic E-state index is -1.08. The number of anilines is 1. The van der Waals surface area contributed by atoms with Gasteiger partial charge in [0.1, 0.15) is 5.69 Å². The average molecular weight is 292 g/mol. The van der Waals surface area contributed by atoms with Gasteiger partial charge in [-0.3, -0.25) is 10.1 Å². The topological polar surface area (TPSA) is 92.5 Å². The predicted molar refractivity (Wildman–Crippen MR) is 79.7 cm³/mol. The number of hydrogen-bond acceptors (Lipinski definition) is 4. The van der Waals surface area contributed by atoms with E-state index in [2.05, 4.69) is 12.2 Å². The van der Waals surface area contributed by atoms with Gasteiger partial charge in [0.25, 0.3) is 5.69 Å². The number of nitrogens with one attached hydrogen (secondary N) is 1. The number of carbonyl (C=O) groups is 1. The van der Waals surface area contributed by atoms with Gasteiger partial charge in [0.2, 0.25) is 0 Å². The van der Waals surface area contributed by atoms with Gasteiger partial charge < -0.3 is 10.4 Å². The fourth-order valence-corrected chi connectivity index (χ4v) is 2.91. The monoisotopic (exact) mass is 292 g/mol. The van der Waals surface area contributed by atoms with Gasteiger partial charge in [-0.15, -0.1) is 0 Å². The van der Waals surface area contributed by atoms with Gasteiger partial charge >= 0.3 is 5.97 Å². The van der Waals surface area contributed by atoms with E-state index in [1.165, 1.54) is 37.5 Å². The molecule has 1 saturated carbocycles. The van der Waals surface area contributed by atoms with Crippen molar-refractivity contribution < 1.29 is 14.8 Å². The van der Waals surface area contributed by atoms with Gasteiger partial charge in [0.15, 0.2) is 0 Å². The van der Waals surface area contributed by atoms with Crippen LogP contribution in [0.2, 0.25) is 0 Å². The first-order valence-corrected chi connectivity index (χ1v) is 7.24. The molecule has 6 heteroatoms. The summed E-state index contributed by atoms with van der Waals surface area (Å²) in [5.74, 6) is -0.0150. The summed E-state index contributed by atoms with van der Waals surface area (Å²) in [4.78, 5) is 21.5. The number of rotatable bonds is 5. The summed E-state index contributed by atoms with van der Waals surface area (Å²) in [5.41, 5.74) is 0.265. The Bertz CT molecular complexity index is 544. The third-order valence-corrected chi connectivity index (χ3v) is 4.28. The number of nitro groups is 1. The van der Waals surface area contributed by atoms with E-state index in [9.17, 15) is 14.9 Å². The van der Waals surface area contributed by atoms with Crippen LogP contribution in [0.4, 0.5) is 11.4 Å². The van der Waals surface area contributed by atoms with Crippen molar-refractivity contribution in [3.05, 3.63) is 33.9 Å². The molecule has 114 valence electrons. The molecule has 0 saturated heterocycles. The fourth-order valence-electron chi connectivity index (χ4n) is 2.91. The zero-order valence-electron chi connectivity index (χ0n) is 12.0. The first-order chi connectivity index (χ1) is 9.99. The third-order valence-electron chi connectivity index (χ3n) is 4.28. The molecule has 6 nitrogen and oxygen atoms in total. The molecule has 2 atom stereocenters. The summed E-state index contributed by atoms with van der Waals surface area (Å²) in [5, 5.41) is 23.1. The van der Waals surface area contributed by atoms with E-state index in [0.717, 1.165) is 6.42 Å². The predicted octanol–water partition coefficient (Wildman–Crippen LogP) is 3.53. The molecule has 1 aromatic carbocycles. The number of carboxylic acid groups (broad SMARTS) is 1. The summed E-state index contributed by atoms with van der Waals surface area (Å²) < 4.78 is 0. The number of benzene rings is 1. The normalized spacial score (nSPS) is 21.8. The second-order valence-corrected chi connectivity index (χ2v) is 5.70. The van der Waals surface area contributed by atoms with Crippen LogP contribution in [0, 0.1) is 22.0 Å². The lowest BCUT2D eigenvalue weighted by Gasteiger charge is -2.29. The Kier molecular flexibility index (Phi) is 4.77. The van der Waals surface area contributed by atoms with Crippen LogP contribution in [-0.2, 0) is 0 Å². The van der Waals surface area contributed by atoms with E-state index in [-0.39, 0.29) is 16.9 Å². The molecule has 21 heavy (non-hydrogen) atoms. The Morgan fingerprint density at radius 2 is 2.14 bits per heavy atom. The van der Waals surface area contributed by atoms with Crippen molar-refractivity contribution >= 4 is 17.3 Å². The Morgan fingerprint density at radius 3 is 2.76 bits per heavy atom. The molecular formula is C15H20N2O4. The van der Waals surface area contributed by atoms with E-state index in [1.807, 2.05) is 0 Å². The van der Waals surface area contributed by atoms with E-state index in [0.29, 0.717) is 18.4 Å². The molecule has 0 amide bonds. The highest BCUT2D eigenvalue weighted by Gasteiger charge is 2.23. The molecule has 2 unspecified atom stereocenters. The molecule has 0 aromatic heterocycles. The van der Waals surface area contributed by atoms with Crippen LogP contribution in [0.25, 0.3) is 0 Å². The van der Waals surface area contributed by atoms with Crippen molar-refractivity contribution in [1.82, 2.24) is 0 Å². The van der Waals surface area contributed by atoms with Crippen LogP contribution in [0.5, 0.6) is 0 Å². The summed E-state index contributed by atoms with van der Waals surface area (Å²) >= 11 is 0. The summed E-state index contributed by atoms with van der Waals surface area (Å²) in [6.07, 6.45) is 4.73. The molecule has 0 bridgehead atoms. The van der Waals surface area contributed by atoms with Crippen molar-refractivity contribution in [1.29, 1.82) is 0 Å².